The van der Waals surface area contributed by atoms with Crippen LogP contribution in [0.25, 0.3) is 0 Å². The number of nitrogens with zero attached hydrogens (tertiary/aromatic N) is 5. The lowest BCUT2D eigenvalue weighted by atomic mass is 9.71. The Hall–Kier alpha value is -4.08. The molecule has 10 heteroatoms. The molecular formula is C34H38ClN7O2. The van der Waals surface area contributed by atoms with Crippen molar-refractivity contribution in [2.75, 3.05) is 13.1 Å². The third-order valence-corrected chi connectivity index (χ3v) is 9.42. The summed E-state index contributed by atoms with van der Waals surface area (Å²) in [5.41, 5.74) is 4.48. The van der Waals surface area contributed by atoms with Gasteiger partial charge in [-0.2, -0.15) is 0 Å². The van der Waals surface area contributed by atoms with E-state index in [0.717, 1.165) is 42.6 Å². The summed E-state index contributed by atoms with van der Waals surface area (Å²) in [5, 5.41) is 19.3. The van der Waals surface area contributed by atoms with Gasteiger partial charge in [0.05, 0.1) is 6.04 Å². The van der Waals surface area contributed by atoms with Crippen LogP contribution < -0.4 is 10.6 Å². The Kier molecular flexibility index (Phi) is 9.04. The van der Waals surface area contributed by atoms with Gasteiger partial charge < -0.3 is 15.5 Å². The van der Waals surface area contributed by atoms with Crippen LogP contribution in [0.15, 0.2) is 78.9 Å². The SMILES string of the molecule is Cn1nnnc1CC1(Cc2ccccc2)CCN(C(=O)[C@H](Cc2ccc(Cl)cc2)NC(=O)[C@H]2Cc3ccccc3CN2)CC1. The molecule has 0 bridgehead atoms. The van der Waals surface area contributed by atoms with Crippen molar-refractivity contribution in [1.29, 1.82) is 0 Å². The highest BCUT2D eigenvalue weighted by molar-refractivity contribution is 6.30. The van der Waals surface area contributed by atoms with Crippen molar-refractivity contribution in [3.05, 3.63) is 112 Å². The summed E-state index contributed by atoms with van der Waals surface area (Å²) in [5.74, 6) is 0.630. The number of rotatable bonds is 9. The second kappa shape index (κ2) is 13.3. The van der Waals surface area contributed by atoms with Crippen LogP contribution in [0.1, 0.15) is 40.9 Å². The smallest absolute Gasteiger partial charge is 0.245 e. The molecular weight excluding hydrogens is 574 g/mol. The molecule has 44 heavy (non-hydrogen) atoms. The van der Waals surface area contributed by atoms with Gasteiger partial charge in [-0.15, -0.1) is 5.10 Å². The minimum absolute atomic E-state index is 0.0573. The fraction of sp³-hybridized carbons (Fsp3) is 0.382. The predicted molar refractivity (Wildman–Crippen MR) is 169 cm³/mol. The number of halogens is 1. The second-order valence-corrected chi connectivity index (χ2v) is 12.6. The molecule has 4 aromatic rings. The van der Waals surface area contributed by atoms with Gasteiger partial charge in [0.1, 0.15) is 6.04 Å². The van der Waals surface area contributed by atoms with E-state index < -0.39 is 12.1 Å². The van der Waals surface area contributed by atoms with Gasteiger partial charge in [0.25, 0.3) is 0 Å². The van der Waals surface area contributed by atoms with Crippen LogP contribution in [0.5, 0.6) is 0 Å². The number of carbonyl (C=O) groups excluding carboxylic acids is 2. The summed E-state index contributed by atoms with van der Waals surface area (Å²) in [6.45, 7) is 1.82. The highest BCUT2D eigenvalue weighted by atomic mass is 35.5. The standard InChI is InChI=1S/C34H38ClN7O2/c1-41-31(38-39-40-41)22-34(21-25-7-3-2-4-8-25)15-17-42(18-16-34)33(44)30(19-24-11-13-28(35)14-12-24)37-32(43)29-20-26-9-5-6-10-27(26)23-36-29/h2-14,29-30,36H,15-23H2,1H3,(H,37,43)/t29-,30+/m1/s1. The van der Waals surface area contributed by atoms with E-state index >= 15 is 0 Å². The van der Waals surface area contributed by atoms with Crippen LogP contribution in [-0.2, 0) is 48.9 Å². The van der Waals surface area contributed by atoms with Crippen LogP contribution in [0.2, 0.25) is 5.02 Å². The van der Waals surface area contributed by atoms with Crippen molar-refractivity contribution in [3.8, 4) is 0 Å². The lowest BCUT2D eigenvalue weighted by Gasteiger charge is -2.43. The molecule has 3 heterocycles. The molecule has 0 spiro atoms. The Balaban J connectivity index is 1.18. The first-order valence-electron chi connectivity index (χ1n) is 15.3. The van der Waals surface area contributed by atoms with Crippen LogP contribution in [0.3, 0.4) is 0 Å². The van der Waals surface area contributed by atoms with Crippen LogP contribution in [0, 0.1) is 5.41 Å². The molecule has 2 aliphatic heterocycles. The number of aryl methyl sites for hydroxylation is 1. The maximum absolute atomic E-state index is 14.2. The minimum atomic E-state index is -0.688. The van der Waals surface area contributed by atoms with Crippen molar-refractivity contribution in [2.24, 2.45) is 12.5 Å². The molecule has 3 aromatic carbocycles. The summed E-state index contributed by atoms with van der Waals surface area (Å²) in [6.07, 6.45) is 4.20. The van der Waals surface area contributed by atoms with Gasteiger partial charge in [-0.1, -0.05) is 78.3 Å². The molecule has 0 unspecified atom stereocenters. The van der Waals surface area contributed by atoms with Crippen molar-refractivity contribution >= 4 is 23.4 Å². The average Bonchev–Trinajstić information content (AvgIpc) is 3.45. The number of hydrogen-bond acceptors (Lipinski definition) is 6. The van der Waals surface area contributed by atoms with E-state index in [0.29, 0.717) is 37.5 Å². The molecule has 2 aliphatic rings. The Bertz CT molecular complexity index is 1580. The first-order chi connectivity index (χ1) is 21.4. The lowest BCUT2D eigenvalue weighted by molar-refractivity contribution is -0.139. The van der Waals surface area contributed by atoms with Gasteiger partial charge >= 0.3 is 0 Å². The quantitative estimate of drug-likeness (QED) is 0.299. The molecule has 2 N–H and O–H groups in total. The normalized spacial score (nSPS) is 18.3. The molecule has 1 saturated heterocycles. The summed E-state index contributed by atoms with van der Waals surface area (Å²) < 4.78 is 1.74. The number of hydrogen-bond donors (Lipinski definition) is 2. The molecule has 0 saturated carbocycles. The summed E-state index contributed by atoms with van der Waals surface area (Å²) in [6, 6.07) is 25.0. The van der Waals surface area contributed by atoms with Gasteiger partial charge in [-0.05, 0) is 75.9 Å². The Labute approximate surface area is 263 Å². The van der Waals surface area contributed by atoms with E-state index in [9.17, 15) is 9.59 Å². The van der Waals surface area contributed by atoms with Crippen molar-refractivity contribution in [2.45, 2.75) is 57.2 Å². The molecule has 228 valence electrons. The van der Waals surface area contributed by atoms with Gasteiger partial charge in [-0.3, -0.25) is 9.59 Å². The van der Waals surface area contributed by atoms with Gasteiger partial charge in [-0.25, -0.2) is 4.68 Å². The van der Waals surface area contributed by atoms with E-state index in [1.165, 1.54) is 11.1 Å². The number of likely N-dealkylation sites (tertiary alicyclic amines) is 1. The fourth-order valence-electron chi connectivity index (χ4n) is 6.57. The van der Waals surface area contributed by atoms with Gasteiger partial charge in [0.15, 0.2) is 5.82 Å². The third-order valence-electron chi connectivity index (χ3n) is 9.16. The van der Waals surface area contributed by atoms with E-state index in [2.05, 4.69) is 62.6 Å². The zero-order valence-corrected chi connectivity index (χ0v) is 25.7. The maximum atomic E-state index is 14.2. The second-order valence-electron chi connectivity index (χ2n) is 12.2. The molecule has 1 aromatic heterocycles. The first kappa shape index (κ1) is 30.0. The molecule has 2 atom stereocenters. The molecule has 2 amide bonds. The Morgan fingerprint density at radius 3 is 2.36 bits per heavy atom. The summed E-state index contributed by atoms with van der Waals surface area (Å²) in [4.78, 5) is 29.7. The van der Waals surface area contributed by atoms with Gasteiger partial charge in [0.2, 0.25) is 11.8 Å². The third kappa shape index (κ3) is 7.00. The number of aromatic nitrogens is 4. The monoisotopic (exact) mass is 611 g/mol. The number of benzene rings is 3. The van der Waals surface area contributed by atoms with Crippen LogP contribution in [0.4, 0.5) is 0 Å². The average molecular weight is 612 g/mol. The zero-order valence-electron chi connectivity index (χ0n) is 25.0. The molecule has 1 fully saturated rings. The highest BCUT2D eigenvalue weighted by Crippen LogP contribution is 2.38. The van der Waals surface area contributed by atoms with Gasteiger partial charge in [0, 0.05) is 44.5 Å². The molecule has 0 radical (unpaired) electrons. The highest BCUT2D eigenvalue weighted by Gasteiger charge is 2.39. The number of piperidine rings is 1. The Morgan fingerprint density at radius 1 is 0.955 bits per heavy atom. The molecule has 0 aliphatic carbocycles. The number of fused-ring (bicyclic) bond motifs is 1. The maximum Gasteiger partial charge on any atom is 0.245 e. The lowest BCUT2D eigenvalue weighted by Crippen LogP contribution is -2.57. The summed E-state index contributed by atoms with van der Waals surface area (Å²) >= 11 is 6.14. The van der Waals surface area contributed by atoms with Crippen molar-refractivity contribution < 1.29 is 9.59 Å². The van der Waals surface area contributed by atoms with Crippen molar-refractivity contribution in [3.63, 3.8) is 0 Å². The van der Waals surface area contributed by atoms with E-state index in [1.807, 2.05) is 54.4 Å². The minimum Gasteiger partial charge on any atom is -0.343 e. The Morgan fingerprint density at radius 2 is 1.66 bits per heavy atom. The number of tetrazole rings is 1. The van der Waals surface area contributed by atoms with E-state index in [1.54, 1.807) is 4.68 Å². The van der Waals surface area contributed by atoms with Crippen molar-refractivity contribution in [1.82, 2.24) is 35.7 Å². The molecule has 9 nitrogen and oxygen atoms in total. The fourth-order valence-corrected chi connectivity index (χ4v) is 6.69. The largest absolute Gasteiger partial charge is 0.343 e. The van der Waals surface area contributed by atoms with Crippen LogP contribution >= 0.6 is 11.6 Å². The predicted octanol–water partition coefficient (Wildman–Crippen LogP) is 3.70. The topological polar surface area (TPSA) is 105 Å². The van der Waals surface area contributed by atoms with Crippen LogP contribution in [-0.4, -0.2) is 62.1 Å². The number of amides is 2. The number of carbonyl (C=O) groups is 2. The molecule has 6 rings (SSSR count). The van der Waals surface area contributed by atoms with E-state index in [-0.39, 0.29) is 17.2 Å². The summed E-state index contributed by atoms with van der Waals surface area (Å²) in [7, 11) is 1.87. The zero-order chi connectivity index (χ0) is 30.5. The number of nitrogens with one attached hydrogen (secondary N) is 2. The first-order valence-corrected chi connectivity index (χ1v) is 15.6. The van der Waals surface area contributed by atoms with E-state index in [4.69, 9.17) is 11.6 Å².